The summed E-state index contributed by atoms with van der Waals surface area (Å²) >= 11 is 1.70. The van der Waals surface area contributed by atoms with E-state index >= 15 is 0 Å². The highest BCUT2D eigenvalue weighted by atomic mass is 32.2. The summed E-state index contributed by atoms with van der Waals surface area (Å²) in [5.74, 6) is 0.272. The van der Waals surface area contributed by atoms with Gasteiger partial charge < -0.3 is 9.84 Å². The molecule has 0 saturated heterocycles. The Labute approximate surface area is 243 Å². The zero-order valence-electron chi connectivity index (χ0n) is 24.3. The lowest BCUT2D eigenvalue weighted by Gasteiger charge is -2.24. The third kappa shape index (κ3) is 7.35. The van der Waals surface area contributed by atoms with Crippen molar-refractivity contribution in [3.05, 3.63) is 94.0 Å². The van der Waals surface area contributed by atoms with Gasteiger partial charge in [0.2, 0.25) is 0 Å². The van der Waals surface area contributed by atoms with E-state index < -0.39 is 5.97 Å². The van der Waals surface area contributed by atoms with Crippen LogP contribution in [-0.4, -0.2) is 33.8 Å². The summed E-state index contributed by atoms with van der Waals surface area (Å²) in [4.78, 5) is 26.1. The van der Waals surface area contributed by atoms with Gasteiger partial charge in [-0.2, -0.15) is 0 Å². The molecular formula is C34H41NO4S. The summed E-state index contributed by atoms with van der Waals surface area (Å²) in [5, 5.41) is 9.86. The van der Waals surface area contributed by atoms with Gasteiger partial charge in [0.05, 0.1) is 11.3 Å². The predicted octanol–water partition coefficient (Wildman–Crippen LogP) is 8.07. The predicted molar refractivity (Wildman–Crippen MR) is 162 cm³/mol. The fourth-order valence-electron chi connectivity index (χ4n) is 5.27. The lowest BCUT2D eigenvalue weighted by molar-refractivity contribution is -0.137. The second-order valence-corrected chi connectivity index (χ2v) is 12.2. The van der Waals surface area contributed by atoms with Crippen LogP contribution in [0.5, 0.6) is 5.75 Å². The first kappa shape index (κ1) is 29.9. The average Bonchev–Trinajstić information content (AvgIpc) is 3.09. The van der Waals surface area contributed by atoms with Crippen LogP contribution in [-0.2, 0) is 17.8 Å². The molecule has 5 nitrogen and oxygen atoms in total. The Bertz CT molecular complexity index is 1350. The first-order valence-electron chi connectivity index (χ1n) is 14.3. The van der Waals surface area contributed by atoms with Crippen molar-refractivity contribution in [1.29, 1.82) is 0 Å². The fraction of sp³-hybridized carbons (Fsp3) is 0.412. The number of aliphatic carboxylic acids is 1. The Kier molecular flexibility index (Phi) is 10.1. The van der Waals surface area contributed by atoms with Crippen molar-refractivity contribution in [2.45, 2.75) is 83.8 Å². The molecule has 0 aromatic heterocycles. The zero-order chi connectivity index (χ0) is 28.8. The Morgan fingerprint density at radius 2 is 1.73 bits per heavy atom. The van der Waals surface area contributed by atoms with Crippen molar-refractivity contribution >= 4 is 23.7 Å². The van der Waals surface area contributed by atoms with E-state index in [0.29, 0.717) is 12.3 Å². The van der Waals surface area contributed by atoms with Crippen molar-refractivity contribution in [3.63, 3.8) is 0 Å². The number of hydrogen-bond acceptors (Lipinski definition) is 5. The summed E-state index contributed by atoms with van der Waals surface area (Å²) in [6, 6.07) is 20.4. The number of ether oxygens (including phenoxy) is 1. The minimum Gasteiger partial charge on any atom is -0.488 e. The van der Waals surface area contributed by atoms with Crippen LogP contribution in [0.1, 0.15) is 91.1 Å². The molecule has 0 aliphatic carbocycles. The standard InChI is InChI=1S/C34H41NO4S/c1-6-22(3)16-31(36)29-15-14-27(17-25(29)7-2)30(19-34(37)38)26-13-12-23(4)28(18-26)21-35-20-24(5)39-32-10-8-9-11-33(32)40-35/h8-15,17-18,22,24,30H,6-7,16,19-21H2,1-5H3,(H,37,38). The number of fused-ring (bicyclic) bond motifs is 1. The van der Waals surface area contributed by atoms with Gasteiger partial charge in [0, 0.05) is 31.0 Å². The largest absolute Gasteiger partial charge is 0.488 e. The third-order valence-electron chi connectivity index (χ3n) is 7.81. The zero-order valence-corrected chi connectivity index (χ0v) is 25.1. The Morgan fingerprint density at radius 3 is 2.42 bits per heavy atom. The molecule has 4 rings (SSSR count). The highest BCUT2D eigenvalue weighted by Gasteiger charge is 2.24. The number of ketones is 1. The third-order valence-corrected chi connectivity index (χ3v) is 8.88. The first-order valence-corrected chi connectivity index (χ1v) is 15.1. The van der Waals surface area contributed by atoms with Crippen LogP contribution in [0, 0.1) is 12.8 Å². The molecule has 0 spiro atoms. The van der Waals surface area contributed by atoms with E-state index in [-0.39, 0.29) is 24.2 Å². The van der Waals surface area contributed by atoms with Gasteiger partial charge in [-0.25, -0.2) is 4.31 Å². The Morgan fingerprint density at radius 1 is 1.02 bits per heavy atom. The van der Waals surface area contributed by atoms with Gasteiger partial charge in [-0.05, 0) is 78.1 Å². The van der Waals surface area contributed by atoms with Crippen LogP contribution in [0.25, 0.3) is 0 Å². The Balaban J connectivity index is 1.64. The van der Waals surface area contributed by atoms with Gasteiger partial charge in [0.1, 0.15) is 11.9 Å². The van der Waals surface area contributed by atoms with Gasteiger partial charge in [-0.15, -0.1) is 0 Å². The molecule has 1 heterocycles. The SMILES string of the molecule is CCc1cc(C(CC(=O)O)c2ccc(C)c(CN3CC(C)Oc4ccccc4S3)c2)ccc1C(=O)CC(C)CC. The number of carbonyl (C=O) groups is 2. The van der Waals surface area contributed by atoms with Crippen LogP contribution in [0.15, 0.2) is 65.6 Å². The molecule has 0 radical (unpaired) electrons. The van der Waals surface area contributed by atoms with Crippen LogP contribution in [0.2, 0.25) is 0 Å². The summed E-state index contributed by atoms with van der Waals surface area (Å²) in [6.45, 7) is 11.9. The minimum absolute atomic E-state index is 0.0114. The van der Waals surface area contributed by atoms with Crippen molar-refractivity contribution < 1.29 is 19.4 Å². The molecule has 3 atom stereocenters. The minimum atomic E-state index is -0.840. The number of carbonyl (C=O) groups excluding carboxylic acids is 1. The highest BCUT2D eigenvalue weighted by Crippen LogP contribution is 2.37. The number of rotatable bonds is 11. The molecule has 1 aliphatic rings. The average molecular weight is 560 g/mol. The molecule has 0 amide bonds. The van der Waals surface area contributed by atoms with Gasteiger partial charge in [-0.1, -0.05) is 75.7 Å². The van der Waals surface area contributed by atoms with Crippen LogP contribution in [0.3, 0.4) is 0 Å². The number of aryl methyl sites for hydroxylation is 2. The molecule has 3 unspecified atom stereocenters. The van der Waals surface area contributed by atoms with Crippen molar-refractivity contribution in [2.75, 3.05) is 6.54 Å². The molecule has 0 fully saturated rings. The van der Waals surface area contributed by atoms with E-state index in [1.54, 1.807) is 11.9 Å². The van der Waals surface area contributed by atoms with Crippen molar-refractivity contribution in [3.8, 4) is 5.75 Å². The number of carboxylic acid groups (broad SMARTS) is 1. The molecule has 40 heavy (non-hydrogen) atoms. The molecule has 0 saturated carbocycles. The molecule has 1 N–H and O–H groups in total. The van der Waals surface area contributed by atoms with E-state index in [4.69, 9.17) is 4.74 Å². The number of hydrogen-bond donors (Lipinski definition) is 1. The smallest absolute Gasteiger partial charge is 0.304 e. The number of para-hydroxylation sites is 1. The number of Topliss-reactive ketones (excluding diaryl/α,β-unsaturated/α-hetero) is 1. The first-order chi connectivity index (χ1) is 19.2. The lowest BCUT2D eigenvalue weighted by Crippen LogP contribution is -2.27. The molecule has 3 aromatic carbocycles. The van der Waals surface area contributed by atoms with Gasteiger partial charge in [0.15, 0.2) is 5.78 Å². The monoisotopic (exact) mass is 559 g/mol. The summed E-state index contributed by atoms with van der Waals surface area (Å²) < 4.78 is 8.46. The second-order valence-electron chi connectivity index (χ2n) is 11.0. The maximum Gasteiger partial charge on any atom is 0.304 e. The fourth-order valence-corrected chi connectivity index (χ4v) is 6.39. The number of nitrogens with zero attached hydrogens (tertiary/aromatic N) is 1. The van der Waals surface area contributed by atoms with Crippen molar-refractivity contribution in [1.82, 2.24) is 4.31 Å². The van der Waals surface area contributed by atoms with Crippen LogP contribution in [0.4, 0.5) is 0 Å². The maximum absolute atomic E-state index is 13.0. The number of benzene rings is 3. The van der Waals surface area contributed by atoms with E-state index in [2.05, 4.69) is 69.3 Å². The van der Waals surface area contributed by atoms with E-state index in [1.807, 2.05) is 30.3 Å². The number of carboxylic acids is 1. The summed E-state index contributed by atoms with van der Waals surface area (Å²) in [6.07, 6.45) is 2.26. The summed E-state index contributed by atoms with van der Waals surface area (Å²) in [5.41, 5.74) is 6.01. The van der Waals surface area contributed by atoms with Gasteiger partial charge in [0.25, 0.3) is 0 Å². The lowest BCUT2D eigenvalue weighted by atomic mass is 9.84. The van der Waals surface area contributed by atoms with E-state index in [1.165, 1.54) is 11.1 Å². The maximum atomic E-state index is 13.0. The van der Waals surface area contributed by atoms with E-state index in [9.17, 15) is 14.7 Å². The topological polar surface area (TPSA) is 66.8 Å². The van der Waals surface area contributed by atoms with E-state index in [0.717, 1.165) is 58.8 Å². The van der Waals surface area contributed by atoms with Crippen LogP contribution >= 0.6 is 11.9 Å². The van der Waals surface area contributed by atoms with Gasteiger partial charge in [-0.3, -0.25) is 9.59 Å². The van der Waals surface area contributed by atoms with Gasteiger partial charge >= 0.3 is 5.97 Å². The molecular weight excluding hydrogens is 518 g/mol. The molecule has 0 bridgehead atoms. The second kappa shape index (κ2) is 13.5. The molecule has 3 aromatic rings. The quantitative estimate of drug-likeness (QED) is 0.189. The Hall–Kier alpha value is -3.09. The molecule has 212 valence electrons. The van der Waals surface area contributed by atoms with Crippen molar-refractivity contribution in [2.24, 2.45) is 5.92 Å². The molecule has 1 aliphatic heterocycles. The van der Waals surface area contributed by atoms with Crippen LogP contribution < -0.4 is 4.74 Å². The normalized spacial score (nSPS) is 16.9. The summed E-state index contributed by atoms with van der Waals surface area (Å²) in [7, 11) is 0. The highest BCUT2D eigenvalue weighted by molar-refractivity contribution is 7.97. The molecule has 6 heteroatoms.